The zero-order chi connectivity index (χ0) is 12.0. The van der Waals surface area contributed by atoms with Crippen molar-refractivity contribution in [3.05, 3.63) is 34.1 Å². The molecule has 88 valence electrons. The fraction of sp³-hybridized carbons (Fsp3) is 0.538. The van der Waals surface area contributed by atoms with Crippen LogP contribution in [0.2, 0.25) is 0 Å². The predicted molar refractivity (Wildman–Crippen MR) is 67.6 cm³/mol. The van der Waals surface area contributed by atoms with Gasteiger partial charge in [-0.05, 0) is 46.7 Å². The van der Waals surface area contributed by atoms with Crippen LogP contribution in [-0.4, -0.2) is 0 Å². The van der Waals surface area contributed by atoms with Crippen molar-refractivity contribution < 1.29 is 4.39 Å². The van der Waals surface area contributed by atoms with Crippen molar-refractivity contribution in [2.75, 3.05) is 0 Å². The molecule has 16 heavy (non-hydrogen) atoms. The van der Waals surface area contributed by atoms with Crippen molar-refractivity contribution in [1.29, 1.82) is 0 Å². The second kappa shape index (κ2) is 3.81. The smallest absolute Gasteiger partial charge is 0.142 e. The summed E-state index contributed by atoms with van der Waals surface area (Å²) in [5.74, 6) is -0.206. The van der Waals surface area contributed by atoms with Crippen molar-refractivity contribution >= 4 is 15.9 Å². The number of rotatable bonds is 1. The lowest BCUT2D eigenvalue weighted by molar-refractivity contribution is 0.334. The average Bonchev–Trinajstić information content (AvgIpc) is 2.46. The fourth-order valence-electron chi connectivity index (χ4n) is 2.71. The average molecular weight is 286 g/mol. The summed E-state index contributed by atoms with van der Waals surface area (Å²) >= 11 is 3.22. The van der Waals surface area contributed by atoms with E-state index in [1.807, 2.05) is 12.1 Å². The van der Waals surface area contributed by atoms with Crippen molar-refractivity contribution in [2.24, 2.45) is 11.1 Å². The summed E-state index contributed by atoms with van der Waals surface area (Å²) < 4.78 is 14.5. The lowest BCUT2D eigenvalue weighted by atomic mass is 9.84. The number of benzene rings is 1. The molecule has 1 aliphatic carbocycles. The molecule has 0 saturated heterocycles. The van der Waals surface area contributed by atoms with Gasteiger partial charge in [0.1, 0.15) is 5.82 Å². The van der Waals surface area contributed by atoms with Crippen molar-refractivity contribution in [2.45, 2.75) is 38.6 Å². The molecule has 2 N–H and O–H groups in total. The Balaban J connectivity index is 2.42. The van der Waals surface area contributed by atoms with E-state index in [-0.39, 0.29) is 11.2 Å². The number of hydrogen-bond donors (Lipinski definition) is 1. The minimum absolute atomic E-state index is 0.206. The van der Waals surface area contributed by atoms with E-state index in [4.69, 9.17) is 5.73 Å². The van der Waals surface area contributed by atoms with Gasteiger partial charge in [0.2, 0.25) is 0 Å². The first-order valence-electron chi connectivity index (χ1n) is 5.57. The number of nitrogens with two attached hydrogens (primary N) is 1. The van der Waals surface area contributed by atoms with Gasteiger partial charge in [0.25, 0.3) is 0 Å². The maximum absolute atomic E-state index is 14.0. The second-order valence-electron chi connectivity index (χ2n) is 5.60. The summed E-state index contributed by atoms with van der Waals surface area (Å²) in [6, 6.07) is 5.37. The Morgan fingerprint density at radius 2 is 2.00 bits per heavy atom. The van der Waals surface area contributed by atoms with Gasteiger partial charge in [-0.3, -0.25) is 0 Å². The van der Waals surface area contributed by atoms with Gasteiger partial charge in [0.15, 0.2) is 0 Å². The molecule has 1 aromatic carbocycles. The summed E-state index contributed by atoms with van der Waals surface area (Å²) in [6.45, 7) is 4.38. The summed E-state index contributed by atoms with van der Waals surface area (Å²) in [5, 5.41) is 0. The molecule has 1 aromatic rings. The maximum Gasteiger partial charge on any atom is 0.142 e. The fourth-order valence-corrected chi connectivity index (χ4v) is 3.08. The lowest BCUT2D eigenvalue weighted by Gasteiger charge is -2.27. The largest absolute Gasteiger partial charge is 0.321 e. The van der Waals surface area contributed by atoms with Crippen LogP contribution in [0.5, 0.6) is 0 Å². The molecule has 1 unspecified atom stereocenters. The zero-order valence-corrected chi connectivity index (χ0v) is 11.3. The monoisotopic (exact) mass is 285 g/mol. The molecule has 1 saturated carbocycles. The zero-order valence-electron chi connectivity index (χ0n) is 9.69. The third kappa shape index (κ3) is 2.03. The van der Waals surface area contributed by atoms with Crippen LogP contribution in [0.1, 0.15) is 38.7 Å². The molecule has 0 spiro atoms. The standard InChI is InChI=1S/C13H17BrFN/c1-12(2)6-7-13(16,8-12)9-4-3-5-10(14)11(9)15/h3-5H,6-8,16H2,1-2H3. The van der Waals surface area contributed by atoms with Crippen LogP contribution < -0.4 is 5.73 Å². The van der Waals surface area contributed by atoms with Crippen molar-refractivity contribution in [3.8, 4) is 0 Å². The van der Waals surface area contributed by atoms with Gasteiger partial charge >= 0.3 is 0 Å². The molecule has 0 heterocycles. The van der Waals surface area contributed by atoms with Gasteiger partial charge in [-0.1, -0.05) is 26.0 Å². The Hall–Kier alpha value is -0.410. The Morgan fingerprint density at radius 3 is 2.56 bits per heavy atom. The van der Waals surface area contributed by atoms with Gasteiger partial charge in [0, 0.05) is 11.1 Å². The van der Waals surface area contributed by atoms with E-state index in [0.717, 1.165) is 19.3 Å². The molecule has 0 bridgehead atoms. The third-order valence-electron chi connectivity index (χ3n) is 3.53. The van der Waals surface area contributed by atoms with Gasteiger partial charge in [-0.15, -0.1) is 0 Å². The minimum atomic E-state index is -0.503. The van der Waals surface area contributed by atoms with Crippen LogP contribution in [0, 0.1) is 11.2 Å². The summed E-state index contributed by atoms with van der Waals surface area (Å²) in [4.78, 5) is 0. The highest BCUT2D eigenvalue weighted by Gasteiger charge is 2.42. The predicted octanol–water partition coefficient (Wildman–Crippen LogP) is 3.95. The molecule has 1 nitrogen and oxygen atoms in total. The van der Waals surface area contributed by atoms with Crippen molar-refractivity contribution in [1.82, 2.24) is 0 Å². The Kier molecular flexibility index (Phi) is 2.87. The van der Waals surface area contributed by atoms with Crippen LogP contribution in [0.25, 0.3) is 0 Å². The Bertz CT molecular complexity index is 416. The van der Waals surface area contributed by atoms with Gasteiger partial charge in [0.05, 0.1) is 4.47 Å². The molecule has 1 fully saturated rings. The minimum Gasteiger partial charge on any atom is -0.321 e. The molecule has 2 rings (SSSR count). The highest BCUT2D eigenvalue weighted by atomic mass is 79.9. The first-order valence-corrected chi connectivity index (χ1v) is 6.37. The molecule has 0 radical (unpaired) electrons. The molecule has 1 aliphatic rings. The lowest BCUT2D eigenvalue weighted by Crippen LogP contribution is -2.35. The summed E-state index contributed by atoms with van der Waals surface area (Å²) in [7, 11) is 0. The number of hydrogen-bond acceptors (Lipinski definition) is 1. The molecule has 0 aromatic heterocycles. The highest BCUT2D eigenvalue weighted by Crippen LogP contribution is 2.48. The van der Waals surface area contributed by atoms with E-state index in [1.54, 1.807) is 6.07 Å². The first kappa shape index (κ1) is 12.1. The van der Waals surface area contributed by atoms with E-state index in [0.29, 0.717) is 10.0 Å². The molecule has 0 amide bonds. The van der Waals surface area contributed by atoms with Crippen LogP contribution >= 0.6 is 15.9 Å². The van der Waals surface area contributed by atoms with E-state index in [1.165, 1.54) is 0 Å². The van der Waals surface area contributed by atoms with Crippen LogP contribution in [0.4, 0.5) is 4.39 Å². The molecule has 3 heteroatoms. The Morgan fingerprint density at radius 1 is 1.31 bits per heavy atom. The quantitative estimate of drug-likeness (QED) is 0.831. The van der Waals surface area contributed by atoms with E-state index in [9.17, 15) is 4.39 Å². The number of halogens is 2. The van der Waals surface area contributed by atoms with Gasteiger partial charge in [-0.25, -0.2) is 4.39 Å². The van der Waals surface area contributed by atoms with E-state index in [2.05, 4.69) is 29.8 Å². The highest BCUT2D eigenvalue weighted by molar-refractivity contribution is 9.10. The van der Waals surface area contributed by atoms with Crippen LogP contribution in [0.3, 0.4) is 0 Å². The van der Waals surface area contributed by atoms with Crippen LogP contribution in [-0.2, 0) is 5.54 Å². The van der Waals surface area contributed by atoms with E-state index < -0.39 is 5.54 Å². The maximum atomic E-state index is 14.0. The molecular formula is C13H17BrFN. The molecular weight excluding hydrogens is 269 g/mol. The first-order chi connectivity index (χ1) is 7.34. The van der Waals surface area contributed by atoms with Crippen LogP contribution in [0.15, 0.2) is 22.7 Å². The van der Waals surface area contributed by atoms with Gasteiger partial charge < -0.3 is 5.73 Å². The Labute approximate surface area is 104 Å². The van der Waals surface area contributed by atoms with Crippen molar-refractivity contribution in [3.63, 3.8) is 0 Å². The topological polar surface area (TPSA) is 26.0 Å². The third-order valence-corrected chi connectivity index (χ3v) is 4.14. The SMILES string of the molecule is CC1(C)CCC(N)(c2cccc(Br)c2F)C1. The summed E-state index contributed by atoms with van der Waals surface area (Å²) in [6.07, 6.45) is 2.75. The van der Waals surface area contributed by atoms with Gasteiger partial charge in [-0.2, -0.15) is 0 Å². The molecule has 0 aliphatic heterocycles. The second-order valence-corrected chi connectivity index (χ2v) is 6.45. The molecule has 1 atom stereocenters. The normalized spacial score (nSPS) is 28.3. The summed E-state index contributed by atoms with van der Waals surface area (Å²) in [5.41, 5.74) is 6.72. The van der Waals surface area contributed by atoms with E-state index >= 15 is 0 Å².